The van der Waals surface area contributed by atoms with E-state index in [-0.39, 0.29) is 43.0 Å². The van der Waals surface area contributed by atoms with Gasteiger partial charge in [0.05, 0.1) is 17.7 Å². The van der Waals surface area contributed by atoms with Crippen molar-refractivity contribution in [2.45, 2.75) is 64.3 Å². The molecule has 0 amide bonds. The third-order valence-corrected chi connectivity index (χ3v) is 5.83. The fraction of sp³-hybridized carbons (Fsp3) is 0.632. The van der Waals surface area contributed by atoms with Gasteiger partial charge in [-0.25, -0.2) is 14.3 Å². The number of hydrogen-bond donors (Lipinski definition) is 1. The van der Waals surface area contributed by atoms with E-state index in [2.05, 4.69) is 9.97 Å². The number of fused-ring (bicyclic) bond motifs is 1. The normalized spacial score (nSPS) is 24.1. The molecule has 1 aliphatic heterocycles. The summed E-state index contributed by atoms with van der Waals surface area (Å²) in [6.07, 6.45) is -6.36. The number of nitrogens with zero attached hydrogens (tertiary/aromatic N) is 4. The molecule has 11 nitrogen and oxygen atoms in total. The number of anilines is 1. The van der Waals surface area contributed by atoms with Crippen LogP contribution in [0.5, 0.6) is 0 Å². The minimum Gasteiger partial charge on any atom is -0.463 e. The van der Waals surface area contributed by atoms with Gasteiger partial charge in [-0.1, -0.05) is 0 Å². The quantitative estimate of drug-likeness (QED) is 0.615. The molecule has 0 radical (unpaired) electrons. The van der Waals surface area contributed by atoms with Crippen LogP contribution in [-0.2, 0) is 30.3 Å². The minimum absolute atomic E-state index is 0.0401. The van der Waals surface area contributed by atoms with Crippen molar-refractivity contribution in [3.05, 3.63) is 16.7 Å². The average Bonchev–Trinajstić information content (AvgIpc) is 3.34. The van der Waals surface area contributed by atoms with E-state index in [4.69, 9.17) is 19.9 Å². The van der Waals surface area contributed by atoms with Crippen molar-refractivity contribution >= 4 is 29.1 Å². The molecule has 1 saturated carbocycles. The van der Waals surface area contributed by atoms with Gasteiger partial charge in [0.25, 0.3) is 0 Å². The lowest BCUT2D eigenvalue weighted by molar-refractivity contribution is -0.191. The SMILES string of the molecule is CC(=O)OC[C@@H]1C[C@@H](OC(C)=O)[C@@H](n2c(=O)n(CC3(C(F)(F)F)CC3)c3cnc(N)nc32)O1. The summed E-state index contributed by atoms with van der Waals surface area (Å²) in [4.78, 5) is 44.0. The van der Waals surface area contributed by atoms with Crippen molar-refractivity contribution < 1.29 is 37.0 Å². The number of carbonyl (C=O) groups is 2. The first-order valence-corrected chi connectivity index (χ1v) is 10.2. The number of rotatable bonds is 6. The predicted octanol–water partition coefficient (Wildman–Crippen LogP) is 1.30. The molecule has 14 heteroatoms. The molecule has 2 fully saturated rings. The zero-order valence-electron chi connectivity index (χ0n) is 17.8. The number of esters is 2. The smallest absolute Gasteiger partial charge is 0.396 e. The van der Waals surface area contributed by atoms with E-state index in [0.717, 1.165) is 9.13 Å². The van der Waals surface area contributed by atoms with Gasteiger partial charge in [-0.15, -0.1) is 0 Å². The Morgan fingerprint density at radius 3 is 2.58 bits per heavy atom. The molecular formula is C19H22F3N5O6. The molecule has 2 N–H and O–H groups in total. The highest BCUT2D eigenvalue weighted by Gasteiger charge is 2.63. The number of halogens is 3. The van der Waals surface area contributed by atoms with E-state index >= 15 is 0 Å². The molecule has 33 heavy (non-hydrogen) atoms. The lowest BCUT2D eigenvalue weighted by Crippen LogP contribution is -2.37. The summed E-state index contributed by atoms with van der Waals surface area (Å²) in [5.74, 6) is -1.41. The molecule has 2 aromatic heterocycles. The van der Waals surface area contributed by atoms with Gasteiger partial charge >= 0.3 is 23.8 Å². The van der Waals surface area contributed by atoms with Crippen molar-refractivity contribution in [2.24, 2.45) is 5.41 Å². The Hall–Kier alpha value is -3.16. The topological polar surface area (TPSA) is 141 Å². The Labute approximate surface area is 184 Å². The van der Waals surface area contributed by atoms with Crippen molar-refractivity contribution in [2.75, 3.05) is 12.3 Å². The molecular weight excluding hydrogens is 451 g/mol. The van der Waals surface area contributed by atoms with Gasteiger partial charge in [-0.2, -0.15) is 18.2 Å². The van der Waals surface area contributed by atoms with Crippen LogP contribution in [0, 0.1) is 5.41 Å². The van der Waals surface area contributed by atoms with Gasteiger partial charge in [0.2, 0.25) is 5.95 Å². The first-order valence-electron chi connectivity index (χ1n) is 10.2. The highest BCUT2D eigenvalue weighted by atomic mass is 19.4. The number of ether oxygens (including phenoxy) is 3. The summed E-state index contributed by atoms with van der Waals surface area (Å²) in [6, 6.07) is 0. The molecule has 3 heterocycles. The lowest BCUT2D eigenvalue weighted by Gasteiger charge is -2.20. The molecule has 0 unspecified atom stereocenters. The van der Waals surface area contributed by atoms with Gasteiger partial charge in [-0.05, 0) is 12.8 Å². The summed E-state index contributed by atoms with van der Waals surface area (Å²) >= 11 is 0. The summed E-state index contributed by atoms with van der Waals surface area (Å²) in [7, 11) is 0. The second kappa shape index (κ2) is 8.01. The van der Waals surface area contributed by atoms with E-state index in [0.29, 0.717) is 0 Å². The van der Waals surface area contributed by atoms with Gasteiger partial charge in [0, 0.05) is 26.8 Å². The zero-order chi connectivity index (χ0) is 24.1. The average molecular weight is 473 g/mol. The summed E-state index contributed by atoms with van der Waals surface area (Å²) < 4.78 is 58.8. The highest BCUT2D eigenvalue weighted by Crippen LogP contribution is 2.58. The third-order valence-electron chi connectivity index (χ3n) is 5.83. The van der Waals surface area contributed by atoms with Crippen LogP contribution in [0.4, 0.5) is 19.1 Å². The van der Waals surface area contributed by atoms with Gasteiger partial charge < -0.3 is 19.9 Å². The maximum atomic E-state index is 13.6. The molecule has 0 spiro atoms. The summed E-state index contributed by atoms with van der Waals surface area (Å²) in [5.41, 5.74) is 2.81. The number of carbonyl (C=O) groups excluding carboxylic acids is 2. The second-order valence-corrected chi connectivity index (χ2v) is 8.29. The predicted molar refractivity (Wildman–Crippen MR) is 105 cm³/mol. The highest BCUT2D eigenvalue weighted by molar-refractivity contribution is 5.72. The number of alkyl halides is 3. The zero-order valence-corrected chi connectivity index (χ0v) is 17.8. The monoisotopic (exact) mass is 473 g/mol. The van der Waals surface area contributed by atoms with Gasteiger partial charge in [-0.3, -0.25) is 14.2 Å². The van der Waals surface area contributed by atoms with Gasteiger partial charge in [0.15, 0.2) is 11.9 Å². The first-order chi connectivity index (χ1) is 15.4. The fourth-order valence-electron chi connectivity index (χ4n) is 4.02. The third kappa shape index (κ3) is 4.26. The van der Waals surface area contributed by atoms with E-state index in [1.807, 2.05) is 0 Å². The number of aromatic nitrogens is 4. The Bertz CT molecular complexity index is 1160. The Morgan fingerprint density at radius 2 is 2.00 bits per heavy atom. The minimum atomic E-state index is -4.49. The molecule has 0 bridgehead atoms. The Morgan fingerprint density at radius 1 is 1.30 bits per heavy atom. The molecule has 1 aliphatic carbocycles. The molecule has 3 atom stereocenters. The van der Waals surface area contributed by atoms with E-state index in [9.17, 15) is 27.6 Å². The number of imidazole rings is 1. The van der Waals surface area contributed by atoms with Crippen molar-refractivity contribution in [3.63, 3.8) is 0 Å². The number of nitrogen functional groups attached to an aromatic ring is 1. The molecule has 2 aromatic rings. The fourth-order valence-corrected chi connectivity index (χ4v) is 4.02. The van der Waals surface area contributed by atoms with Crippen LogP contribution >= 0.6 is 0 Å². The number of nitrogens with two attached hydrogens (primary N) is 1. The van der Waals surface area contributed by atoms with Crippen molar-refractivity contribution in [1.82, 2.24) is 19.1 Å². The van der Waals surface area contributed by atoms with E-state index in [1.165, 1.54) is 20.0 Å². The van der Waals surface area contributed by atoms with Crippen molar-refractivity contribution in [1.29, 1.82) is 0 Å². The van der Waals surface area contributed by atoms with Crippen LogP contribution in [0.3, 0.4) is 0 Å². The molecule has 180 valence electrons. The maximum Gasteiger partial charge on any atom is 0.396 e. The summed E-state index contributed by atoms with van der Waals surface area (Å²) in [5, 5.41) is 0. The molecule has 0 aromatic carbocycles. The van der Waals surface area contributed by atoms with Crippen LogP contribution in [-0.4, -0.2) is 56.0 Å². The number of hydrogen-bond acceptors (Lipinski definition) is 9. The van der Waals surface area contributed by atoms with Crippen LogP contribution in [0.15, 0.2) is 11.0 Å². The van der Waals surface area contributed by atoms with Crippen LogP contribution in [0.1, 0.15) is 39.3 Å². The molecule has 2 aliphatic rings. The van der Waals surface area contributed by atoms with Crippen molar-refractivity contribution in [3.8, 4) is 0 Å². The molecule has 1 saturated heterocycles. The van der Waals surface area contributed by atoms with Crippen LogP contribution in [0.2, 0.25) is 0 Å². The first kappa shape index (κ1) is 23.0. The van der Waals surface area contributed by atoms with Gasteiger partial charge in [0.1, 0.15) is 18.2 Å². The Kier molecular flexibility index (Phi) is 5.58. The van der Waals surface area contributed by atoms with Crippen LogP contribution in [0.25, 0.3) is 11.2 Å². The van der Waals surface area contributed by atoms with Crippen LogP contribution < -0.4 is 11.4 Å². The summed E-state index contributed by atoms with van der Waals surface area (Å²) in [6.45, 7) is 1.60. The molecule has 4 rings (SSSR count). The largest absolute Gasteiger partial charge is 0.463 e. The van der Waals surface area contributed by atoms with E-state index in [1.54, 1.807) is 0 Å². The Balaban J connectivity index is 1.78. The second-order valence-electron chi connectivity index (χ2n) is 8.29. The standard InChI is InChI=1S/C19H22F3N5O6/c1-9(28)31-7-11-5-13(32-10(2)29)15(33-11)27-14-12(6-24-16(23)25-14)26(17(27)30)8-18(3-4-18)19(20,21)22/h6,11,13,15H,3-5,7-8H2,1-2H3,(H2,23,24,25)/t11-,13+,15-/m0/s1. The van der Waals surface area contributed by atoms with E-state index < -0.39 is 54.2 Å². The lowest BCUT2D eigenvalue weighted by atomic mass is 10.1. The maximum absolute atomic E-state index is 13.6.